The fourth-order valence-electron chi connectivity index (χ4n) is 5.12. The van der Waals surface area contributed by atoms with Crippen molar-refractivity contribution in [1.82, 2.24) is 14.9 Å². The molecule has 6 rings (SSSR count). The molecule has 2 aliphatic rings. The number of fused-ring (bicyclic) bond motifs is 2. The first kappa shape index (κ1) is 23.7. The maximum absolute atomic E-state index is 11.9. The third kappa shape index (κ3) is 5.10. The van der Waals surface area contributed by atoms with Gasteiger partial charge < -0.3 is 15.4 Å². The molecule has 0 unspecified atom stereocenters. The number of hydrogen-bond donors (Lipinski definition) is 2. The molecule has 1 aromatic heterocycles. The monoisotopic (exact) mass is 513 g/mol. The van der Waals surface area contributed by atoms with Gasteiger partial charge in [0.1, 0.15) is 5.75 Å². The predicted octanol–water partition coefficient (Wildman–Crippen LogP) is 5.67. The lowest BCUT2D eigenvalue weighted by Gasteiger charge is -2.32. The summed E-state index contributed by atoms with van der Waals surface area (Å²) >= 11 is 6.01. The molecule has 8 heteroatoms. The van der Waals surface area contributed by atoms with Crippen LogP contribution in [0.25, 0.3) is 22.0 Å². The van der Waals surface area contributed by atoms with E-state index < -0.39 is 0 Å². The largest absolute Gasteiger partial charge is 0.482 e. The van der Waals surface area contributed by atoms with Crippen molar-refractivity contribution in [2.45, 2.75) is 32.4 Å². The van der Waals surface area contributed by atoms with Gasteiger partial charge in [0.25, 0.3) is 5.91 Å². The van der Waals surface area contributed by atoms with E-state index in [-0.39, 0.29) is 12.5 Å². The Kier molecular flexibility index (Phi) is 6.40. The molecule has 1 amide bonds. The van der Waals surface area contributed by atoms with Gasteiger partial charge in [-0.3, -0.25) is 9.69 Å². The van der Waals surface area contributed by atoms with Crippen LogP contribution in [0.3, 0.4) is 0 Å². The van der Waals surface area contributed by atoms with Gasteiger partial charge in [-0.05, 0) is 61.2 Å². The molecule has 1 saturated heterocycles. The molecular formula is C29H28ClN5O2. The van der Waals surface area contributed by atoms with E-state index in [9.17, 15) is 4.79 Å². The number of hydrogen-bond acceptors (Lipinski definition) is 6. The number of nitrogens with zero attached hydrogens (tertiary/aromatic N) is 3. The molecule has 1 fully saturated rings. The summed E-state index contributed by atoms with van der Waals surface area (Å²) in [7, 11) is 0. The molecule has 0 aliphatic carbocycles. The van der Waals surface area contributed by atoms with Gasteiger partial charge in [0, 0.05) is 41.6 Å². The highest BCUT2D eigenvalue weighted by atomic mass is 35.5. The topological polar surface area (TPSA) is 79.4 Å². The fraction of sp³-hybridized carbons (Fsp3) is 0.276. The minimum absolute atomic E-state index is 0.0400. The van der Waals surface area contributed by atoms with Crippen LogP contribution in [0.15, 0.2) is 60.7 Å². The third-order valence-electron chi connectivity index (χ3n) is 7.09. The summed E-state index contributed by atoms with van der Waals surface area (Å²) in [5, 5.41) is 8.28. The Labute approximate surface area is 220 Å². The second-order valence-corrected chi connectivity index (χ2v) is 10.1. The first-order chi connectivity index (χ1) is 18.0. The summed E-state index contributed by atoms with van der Waals surface area (Å²) in [5.41, 5.74) is 5.70. The minimum atomic E-state index is -0.146. The molecule has 2 aliphatic heterocycles. The number of para-hydroxylation sites is 1. The normalized spacial score (nSPS) is 16.2. The van der Waals surface area contributed by atoms with E-state index in [0.29, 0.717) is 23.4 Å². The Hall–Kier alpha value is -3.68. The number of nitrogens with one attached hydrogen (secondary N) is 2. The summed E-state index contributed by atoms with van der Waals surface area (Å²) in [6, 6.07) is 20.4. The van der Waals surface area contributed by atoms with Crippen molar-refractivity contribution in [3.05, 3.63) is 76.9 Å². The van der Waals surface area contributed by atoms with Crippen molar-refractivity contribution in [2.24, 2.45) is 0 Å². The fourth-order valence-corrected chi connectivity index (χ4v) is 5.25. The number of ether oxygens (including phenoxy) is 1. The van der Waals surface area contributed by atoms with Gasteiger partial charge in [-0.1, -0.05) is 41.9 Å². The maximum Gasteiger partial charge on any atom is 0.262 e. The number of rotatable bonds is 5. The van der Waals surface area contributed by atoms with E-state index in [1.165, 1.54) is 5.56 Å². The van der Waals surface area contributed by atoms with Gasteiger partial charge >= 0.3 is 0 Å². The van der Waals surface area contributed by atoms with E-state index in [4.69, 9.17) is 26.3 Å². The molecule has 0 spiro atoms. The van der Waals surface area contributed by atoms with Gasteiger partial charge in [-0.15, -0.1) is 0 Å². The molecule has 3 heterocycles. The number of aryl methyl sites for hydroxylation is 1. The number of amides is 1. The van der Waals surface area contributed by atoms with Crippen LogP contribution in [0.1, 0.15) is 24.1 Å². The molecule has 0 radical (unpaired) electrons. The van der Waals surface area contributed by atoms with Crippen LogP contribution in [0.2, 0.25) is 5.02 Å². The average Bonchev–Trinajstić information content (AvgIpc) is 2.91. The second kappa shape index (κ2) is 10.00. The summed E-state index contributed by atoms with van der Waals surface area (Å²) in [4.78, 5) is 24.0. The highest BCUT2D eigenvalue weighted by Crippen LogP contribution is 2.38. The summed E-state index contributed by atoms with van der Waals surface area (Å²) in [6.07, 6.45) is 2.08. The van der Waals surface area contributed by atoms with Crippen molar-refractivity contribution in [1.29, 1.82) is 0 Å². The molecule has 0 atom stereocenters. The highest BCUT2D eigenvalue weighted by Gasteiger charge is 2.22. The highest BCUT2D eigenvalue weighted by molar-refractivity contribution is 6.30. The van der Waals surface area contributed by atoms with Crippen molar-refractivity contribution in [3.8, 4) is 16.9 Å². The predicted molar refractivity (Wildman–Crippen MR) is 147 cm³/mol. The Balaban J connectivity index is 1.16. The summed E-state index contributed by atoms with van der Waals surface area (Å²) < 4.78 is 5.58. The van der Waals surface area contributed by atoms with Crippen LogP contribution in [0, 0.1) is 6.92 Å². The molecular weight excluding hydrogens is 486 g/mol. The number of anilines is 2. The molecule has 0 saturated carbocycles. The number of aromatic nitrogens is 2. The van der Waals surface area contributed by atoms with E-state index in [2.05, 4.69) is 33.7 Å². The first-order valence-corrected chi connectivity index (χ1v) is 13.0. The first-order valence-electron chi connectivity index (χ1n) is 12.6. The minimum Gasteiger partial charge on any atom is -0.482 e. The number of carbonyl (C=O) groups excluding carboxylic acids is 1. The lowest BCUT2D eigenvalue weighted by molar-refractivity contribution is -0.118. The van der Waals surface area contributed by atoms with Crippen molar-refractivity contribution >= 4 is 40.0 Å². The average molecular weight is 514 g/mol. The summed E-state index contributed by atoms with van der Waals surface area (Å²) in [5.74, 6) is 1.21. The molecule has 3 aromatic carbocycles. The quantitative estimate of drug-likeness (QED) is 0.358. The Morgan fingerprint density at radius 2 is 1.89 bits per heavy atom. The third-order valence-corrected chi connectivity index (χ3v) is 7.34. The zero-order valence-electron chi connectivity index (χ0n) is 20.6. The SMILES string of the molecule is Cc1nc(NC2CCN(Cc3ccc(Cl)cc3)CC2)nc2ccc(-c3cccc4c3NC(=O)CO4)cc12. The van der Waals surface area contributed by atoms with Gasteiger partial charge in [-0.25, -0.2) is 9.97 Å². The molecule has 4 aromatic rings. The molecule has 188 valence electrons. The van der Waals surface area contributed by atoms with Gasteiger partial charge in [-0.2, -0.15) is 0 Å². The maximum atomic E-state index is 11.9. The summed E-state index contributed by atoms with van der Waals surface area (Å²) in [6.45, 7) is 5.05. The molecule has 2 N–H and O–H groups in total. The standard InChI is InChI=1S/C29H28ClN5O2/c1-18-24-15-20(23-3-2-4-26-28(23)34-27(36)17-37-26)7-10-25(24)33-29(31-18)32-22-11-13-35(14-12-22)16-19-5-8-21(30)9-6-19/h2-10,15,22H,11-14,16-17H2,1H3,(H,34,36)(H,31,32,33). The van der Waals surface area contributed by atoms with Crippen molar-refractivity contribution in [3.63, 3.8) is 0 Å². The van der Waals surface area contributed by atoms with Crippen LogP contribution in [-0.2, 0) is 11.3 Å². The van der Waals surface area contributed by atoms with Crippen LogP contribution < -0.4 is 15.4 Å². The number of carbonyl (C=O) groups is 1. The van der Waals surface area contributed by atoms with E-state index in [1.54, 1.807) is 0 Å². The number of piperidine rings is 1. The van der Waals surface area contributed by atoms with Crippen LogP contribution in [0.4, 0.5) is 11.6 Å². The number of halogens is 1. The smallest absolute Gasteiger partial charge is 0.262 e. The lowest BCUT2D eigenvalue weighted by Crippen LogP contribution is -2.39. The number of benzene rings is 3. The van der Waals surface area contributed by atoms with Crippen molar-refractivity contribution in [2.75, 3.05) is 30.3 Å². The van der Waals surface area contributed by atoms with Crippen molar-refractivity contribution < 1.29 is 9.53 Å². The van der Waals surface area contributed by atoms with Crippen LogP contribution in [-0.4, -0.2) is 46.5 Å². The van der Waals surface area contributed by atoms with Crippen LogP contribution in [0.5, 0.6) is 5.75 Å². The van der Waals surface area contributed by atoms with E-state index >= 15 is 0 Å². The number of likely N-dealkylation sites (tertiary alicyclic amines) is 1. The van der Waals surface area contributed by atoms with E-state index in [0.717, 1.165) is 65.2 Å². The Morgan fingerprint density at radius 1 is 1.08 bits per heavy atom. The zero-order valence-corrected chi connectivity index (χ0v) is 21.4. The molecule has 0 bridgehead atoms. The molecule has 7 nitrogen and oxygen atoms in total. The second-order valence-electron chi connectivity index (χ2n) is 9.70. The lowest BCUT2D eigenvalue weighted by atomic mass is 10.00. The molecule has 37 heavy (non-hydrogen) atoms. The Bertz CT molecular complexity index is 1470. The zero-order chi connectivity index (χ0) is 25.4. The van der Waals surface area contributed by atoms with Gasteiger partial charge in [0.2, 0.25) is 5.95 Å². The van der Waals surface area contributed by atoms with Crippen LogP contribution >= 0.6 is 11.6 Å². The van der Waals surface area contributed by atoms with Gasteiger partial charge in [0.05, 0.1) is 16.9 Å². The van der Waals surface area contributed by atoms with Gasteiger partial charge in [0.15, 0.2) is 6.61 Å². The van der Waals surface area contributed by atoms with E-state index in [1.807, 2.05) is 49.4 Å². The Morgan fingerprint density at radius 3 is 2.70 bits per heavy atom.